The van der Waals surface area contributed by atoms with E-state index >= 15 is 0 Å². The van der Waals surface area contributed by atoms with E-state index in [0.717, 1.165) is 35.1 Å². The molecule has 2 heterocycles. The number of aromatic nitrogens is 3. The highest BCUT2D eigenvalue weighted by atomic mass is 79.9. The number of fused-ring (bicyclic) bond motifs is 1. The first-order valence-electron chi connectivity index (χ1n) is 9.70. The number of aryl methyl sites for hydroxylation is 1. The Balaban J connectivity index is 1.64. The number of hydrogen-bond donors (Lipinski definition) is 0. The monoisotopic (exact) mass is 466 g/mol. The van der Waals surface area contributed by atoms with Gasteiger partial charge in [-0.3, -0.25) is 0 Å². The summed E-state index contributed by atoms with van der Waals surface area (Å²) in [6.07, 6.45) is 0.957. The third-order valence-corrected chi connectivity index (χ3v) is 5.63. The van der Waals surface area contributed by atoms with Gasteiger partial charge in [-0.25, -0.2) is 0 Å². The molecule has 1 aliphatic heterocycles. The number of nitrogens with zero attached hydrogens (tertiary/aromatic N) is 4. The molecule has 0 unspecified atom stereocenters. The van der Waals surface area contributed by atoms with Crippen molar-refractivity contribution in [1.29, 1.82) is 0 Å². The number of benzene rings is 2. The Labute approximate surface area is 184 Å². The Bertz CT molecular complexity index is 1120. The fourth-order valence-electron chi connectivity index (χ4n) is 3.45. The number of methoxy groups -OCH3 is 1. The highest BCUT2D eigenvalue weighted by molar-refractivity contribution is 9.10. The van der Waals surface area contributed by atoms with Crippen LogP contribution < -0.4 is 14.4 Å². The third-order valence-electron chi connectivity index (χ3n) is 5.04. The Morgan fingerprint density at radius 1 is 1.13 bits per heavy atom. The molecular weight excluding hydrogens is 444 g/mol. The number of anilines is 1. The van der Waals surface area contributed by atoms with Gasteiger partial charge in [-0.05, 0) is 65.0 Å². The summed E-state index contributed by atoms with van der Waals surface area (Å²) < 4.78 is 12.3. The van der Waals surface area contributed by atoms with Crippen molar-refractivity contribution < 1.29 is 9.47 Å². The maximum Gasteiger partial charge on any atom is 0.327 e. The summed E-state index contributed by atoms with van der Waals surface area (Å²) in [6, 6.07) is 12.5. The fraction of sp³-hybridized carbons (Fsp3) is 0.261. The van der Waals surface area contributed by atoms with Gasteiger partial charge in [0.25, 0.3) is 0 Å². The second kappa shape index (κ2) is 8.44. The summed E-state index contributed by atoms with van der Waals surface area (Å²) in [5.74, 6) is 2.31. The van der Waals surface area contributed by atoms with E-state index in [0.29, 0.717) is 23.3 Å². The lowest BCUT2D eigenvalue weighted by atomic mass is 10.0. The summed E-state index contributed by atoms with van der Waals surface area (Å²) in [5.41, 5.74) is 4.57. The Morgan fingerprint density at radius 3 is 2.63 bits per heavy atom. The first-order chi connectivity index (χ1) is 14.4. The summed E-state index contributed by atoms with van der Waals surface area (Å²) in [4.78, 5) is 15.7. The van der Waals surface area contributed by atoms with Gasteiger partial charge in [-0.1, -0.05) is 36.4 Å². The van der Waals surface area contributed by atoms with Crippen molar-refractivity contribution >= 4 is 27.5 Å². The highest BCUT2D eigenvalue weighted by Crippen LogP contribution is 2.40. The molecule has 1 aromatic heterocycles. The van der Waals surface area contributed by atoms with Crippen LogP contribution in [0.15, 0.2) is 47.4 Å². The van der Waals surface area contributed by atoms with Crippen LogP contribution in [0.25, 0.3) is 5.57 Å². The molecule has 0 saturated carbocycles. The molecule has 0 radical (unpaired) electrons. The van der Waals surface area contributed by atoms with Crippen molar-refractivity contribution in [3.05, 3.63) is 70.0 Å². The largest absolute Gasteiger partial charge is 0.493 e. The van der Waals surface area contributed by atoms with E-state index in [2.05, 4.69) is 66.6 Å². The van der Waals surface area contributed by atoms with Crippen molar-refractivity contribution in [1.82, 2.24) is 15.0 Å². The van der Waals surface area contributed by atoms with Crippen molar-refractivity contribution in [3.8, 4) is 17.5 Å². The van der Waals surface area contributed by atoms with E-state index in [9.17, 15) is 0 Å². The molecule has 0 fully saturated rings. The molecule has 0 N–H and O–H groups in total. The number of hydrogen-bond acceptors (Lipinski definition) is 6. The Morgan fingerprint density at radius 2 is 1.90 bits per heavy atom. The van der Waals surface area contributed by atoms with Gasteiger partial charge in [-0.15, -0.1) is 0 Å². The zero-order chi connectivity index (χ0) is 21.3. The van der Waals surface area contributed by atoms with Crippen LogP contribution in [0.1, 0.15) is 29.4 Å². The van der Waals surface area contributed by atoms with Crippen molar-refractivity contribution in [3.63, 3.8) is 0 Å². The minimum Gasteiger partial charge on any atom is -0.493 e. The Kier molecular flexibility index (Phi) is 5.72. The van der Waals surface area contributed by atoms with Crippen molar-refractivity contribution in [2.45, 2.75) is 26.8 Å². The van der Waals surface area contributed by atoms with E-state index in [4.69, 9.17) is 9.47 Å². The van der Waals surface area contributed by atoms with Crippen LogP contribution >= 0.6 is 15.9 Å². The van der Waals surface area contributed by atoms with Gasteiger partial charge in [-0.2, -0.15) is 15.0 Å². The zero-order valence-corrected chi connectivity index (χ0v) is 18.9. The minimum atomic E-state index is 0.235. The quantitative estimate of drug-likeness (QED) is 0.505. The molecule has 7 heteroatoms. The second-order valence-electron chi connectivity index (χ2n) is 7.28. The lowest BCUT2D eigenvalue weighted by molar-refractivity contribution is 0.365. The van der Waals surface area contributed by atoms with E-state index in [1.165, 1.54) is 11.1 Å². The van der Waals surface area contributed by atoms with E-state index in [1.54, 1.807) is 7.11 Å². The fourth-order valence-corrected chi connectivity index (χ4v) is 3.98. The average molecular weight is 467 g/mol. The van der Waals surface area contributed by atoms with Gasteiger partial charge in [0.05, 0.1) is 11.6 Å². The molecule has 2 aromatic carbocycles. The molecule has 0 amide bonds. The molecule has 0 atom stereocenters. The smallest absolute Gasteiger partial charge is 0.327 e. The molecule has 6 nitrogen and oxygen atoms in total. The van der Waals surface area contributed by atoms with Crippen LogP contribution in [0, 0.1) is 6.92 Å². The van der Waals surface area contributed by atoms with Gasteiger partial charge in [0.15, 0.2) is 11.5 Å². The van der Waals surface area contributed by atoms with E-state index in [1.807, 2.05) is 26.0 Å². The molecule has 0 aliphatic carbocycles. The molecule has 0 saturated heterocycles. The predicted molar refractivity (Wildman–Crippen MR) is 121 cm³/mol. The lowest BCUT2D eigenvalue weighted by Gasteiger charge is -2.28. The minimum absolute atomic E-state index is 0.235. The second-order valence-corrected chi connectivity index (χ2v) is 8.13. The SMILES string of the molecule is C=C(C)c1cc(Br)c(Oc2nc(C)nc(N3CCc4ccccc4C3)n2)c(OC)c1. The average Bonchev–Trinajstić information content (AvgIpc) is 2.74. The molecule has 154 valence electrons. The van der Waals surface area contributed by atoms with Crippen LogP contribution in [-0.2, 0) is 13.0 Å². The lowest BCUT2D eigenvalue weighted by Crippen LogP contribution is -2.32. The third kappa shape index (κ3) is 4.16. The van der Waals surface area contributed by atoms with E-state index in [-0.39, 0.29) is 6.01 Å². The van der Waals surface area contributed by atoms with Crippen LogP contribution in [0.4, 0.5) is 5.95 Å². The Hall–Kier alpha value is -2.93. The number of ether oxygens (including phenoxy) is 2. The number of allylic oxidation sites excluding steroid dienone is 1. The highest BCUT2D eigenvalue weighted by Gasteiger charge is 2.21. The maximum atomic E-state index is 6.06. The van der Waals surface area contributed by atoms with Gasteiger partial charge in [0.1, 0.15) is 5.82 Å². The summed E-state index contributed by atoms with van der Waals surface area (Å²) >= 11 is 3.57. The maximum absolute atomic E-state index is 6.06. The van der Waals surface area contributed by atoms with Crippen LogP contribution in [0.3, 0.4) is 0 Å². The molecule has 4 rings (SSSR count). The molecule has 30 heavy (non-hydrogen) atoms. The van der Waals surface area contributed by atoms with Gasteiger partial charge < -0.3 is 14.4 Å². The number of halogens is 1. The van der Waals surface area contributed by atoms with Crippen molar-refractivity contribution in [2.75, 3.05) is 18.6 Å². The van der Waals surface area contributed by atoms with Crippen LogP contribution in [-0.4, -0.2) is 28.6 Å². The van der Waals surface area contributed by atoms with Crippen LogP contribution in [0.5, 0.6) is 17.5 Å². The first kappa shape index (κ1) is 20.3. The summed E-state index contributed by atoms with van der Waals surface area (Å²) in [7, 11) is 1.60. The molecule has 1 aliphatic rings. The summed E-state index contributed by atoms with van der Waals surface area (Å²) in [5, 5.41) is 0. The van der Waals surface area contributed by atoms with Gasteiger partial charge in [0.2, 0.25) is 5.95 Å². The normalized spacial score (nSPS) is 13.0. The van der Waals surface area contributed by atoms with Gasteiger partial charge in [0, 0.05) is 13.1 Å². The van der Waals surface area contributed by atoms with Gasteiger partial charge >= 0.3 is 6.01 Å². The first-order valence-corrected chi connectivity index (χ1v) is 10.5. The molecule has 3 aromatic rings. The van der Waals surface area contributed by atoms with Crippen LogP contribution in [0.2, 0.25) is 0 Å². The number of rotatable bonds is 5. The topological polar surface area (TPSA) is 60.4 Å². The summed E-state index contributed by atoms with van der Waals surface area (Å²) in [6.45, 7) is 9.39. The standard InChI is InChI=1S/C23H23BrN4O2/c1-14(2)18-11-19(24)21(20(12-18)29-4)30-23-26-15(3)25-22(27-23)28-10-9-16-7-5-6-8-17(16)13-28/h5-8,11-12H,1,9-10,13H2,2-4H3. The van der Waals surface area contributed by atoms with Crippen molar-refractivity contribution in [2.24, 2.45) is 0 Å². The zero-order valence-electron chi connectivity index (χ0n) is 17.3. The predicted octanol–water partition coefficient (Wildman–Crippen LogP) is 5.34. The molecule has 0 spiro atoms. The molecular formula is C23H23BrN4O2. The van der Waals surface area contributed by atoms with E-state index < -0.39 is 0 Å². The molecule has 0 bridgehead atoms.